The minimum absolute atomic E-state index is 0.0185. The van der Waals surface area contributed by atoms with Crippen molar-refractivity contribution in [3.63, 3.8) is 0 Å². The number of hydrogen-bond donors (Lipinski definition) is 3. The normalized spacial score (nSPS) is 11.3. The molecule has 0 aliphatic carbocycles. The minimum Gasteiger partial charge on any atom is -0.504 e. The lowest BCUT2D eigenvalue weighted by atomic mass is 9.89. The molecule has 0 bridgehead atoms. The van der Waals surface area contributed by atoms with Gasteiger partial charge < -0.3 is 15.5 Å². The van der Waals surface area contributed by atoms with Crippen LogP contribution >= 0.6 is 0 Å². The van der Waals surface area contributed by atoms with Crippen molar-refractivity contribution in [2.24, 2.45) is 0 Å². The van der Waals surface area contributed by atoms with Crippen LogP contribution in [0.4, 0.5) is 5.82 Å². The lowest BCUT2D eigenvalue weighted by molar-refractivity contribution is -0.121. The third kappa shape index (κ3) is 4.87. The smallest absolute Gasteiger partial charge is 0.228 e. The van der Waals surface area contributed by atoms with E-state index in [9.17, 15) is 15.0 Å². The van der Waals surface area contributed by atoms with E-state index in [-0.39, 0.29) is 23.9 Å². The van der Waals surface area contributed by atoms with Gasteiger partial charge in [-0.25, -0.2) is 4.98 Å². The van der Waals surface area contributed by atoms with E-state index >= 15 is 0 Å². The van der Waals surface area contributed by atoms with E-state index in [1.54, 1.807) is 6.07 Å². The Hall–Kier alpha value is -1.62. The molecule has 0 saturated carbocycles. The van der Waals surface area contributed by atoms with Crippen molar-refractivity contribution in [2.75, 3.05) is 5.32 Å². The highest BCUT2D eigenvalue weighted by atomic mass is 16.3. The average molecular weight is 266 g/mol. The highest BCUT2D eigenvalue weighted by Crippen LogP contribution is 2.25. The number of pyridine rings is 1. The van der Waals surface area contributed by atoms with Crippen LogP contribution in [-0.4, -0.2) is 26.7 Å². The van der Waals surface area contributed by atoms with Gasteiger partial charge in [0.05, 0.1) is 12.0 Å². The van der Waals surface area contributed by atoms with Crippen LogP contribution in [0.25, 0.3) is 0 Å². The van der Waals surface area contributed by atoms with Crippen molar-refractivity contribution < 1.29 is 15.0 Å². The van der Waals surface area contributed by atoms with Gasteiger partial charge in [-0.1, -0.05) is 26.7 Å². The number of aromatic hydroxyl groups is 1. The Kier molecular flexibility index (Phi) is 5.76. The SMILES string of the molecule is CCCC(O)(CCC)CC(=O)Nc1ncccc1O. The summed E-state index contributed by atoms with van der Waals surface area (Å²) >= 11 is 0. The zero-order valence-corrected chi connectivity index (χ0v) is 11.5. The van der Waals surface area contributed by atoms with Crippen molar-refractivity contribution >= 4 is 11.7 Å². The molecule has 0 aromatic carbocycles. The summed E-state index contributed by atoms with van der Waals surface area (Å²) in [7, 11) is 0. The Morgan fingerprint density at radius 3 is 2.53 bits per heavy atom. The Labute approximate surface area is 113 Å². The molecule has 0 aliphatic rings. The van der Waals surface area contributed by atoms with E-state index in [2.05, 4.69) is 10.3 Å². The summed E-state index contributed by atoms with van der Waals surface area (Å²) in [6.07, 6.45) is 4.31. The van der Waals surface area contributed by atoms with Gasteiger partial charge in [0, 0.05) is 6.20 Å². The number of carbonyl (C=O) groups excluding carboxylic acids is 1. The molecule has 1 rings (SSSR count). The molecular weight excluding hydrogens is 244 g/mol. The van der Waals surface area contributed by atoms with E-state index in [4.69, 9.17) is 0 Å². The summed E-state index contributed by atoms with van der Waals surface area (Å²) in [4.78, 5) is 15.8. The van der Waals surface area contributed by atoms with E-state index in [0.29, 0.717) is 12.8 Å². The first-order chi connectivity index (χ1) is 9.00. The van der Waals surface area contributed by atoms with Crippen LogP contribution in [0.5, 0.6) is 5.75 Å². The number of rotatable bonds is 7. The van der Waals surface area contributed by atoms with E-state index < -0.39 is 5.60 Å². The van der Waals surface area contributed by atoms with Gasteiger partial charge in [-0.15, -0.1) is 0 Å². The van der Waals surface area contributed by atoms with E-state index in [1.807, 2.05) is 13.8 Å². The largest absolute Gasteiger partial charge is 0.504 e. The number of anilines is 1. The second-order valence-electron chi connectivity index (χ2n) is 4.82. The van der Waals surface area contributed by atoms with Crippen molar-refractivity contribution in [3.8, 4) is 5.75 Å². The van der Waals surface area contributed by atoms with Gasteiger partial charge in [0.15, 0.2) is 11.6 Å². The molecule has 0 unspecified atom stereocenters. The third-order valence-corrected chi connectivity index (χ3v) is 2.96. The highest BCUT2D eigenvalue weighted by molar-refractivity contribution is 5.91. The van der Waals surface area contributed by atoms with Crippen molar-refractivity contribution in [1.82, 2.24) is 4.98 Å². The molecular formula is C14H22N2O3. The lowest BCUT2D eigenvalue weighted by Gasteiger charge is -2.26. The minimum atomic E-state index is -0.974. The molecule has 0 saturated heterocycles. The molecule has 3 N–H and O–H groups in total. The van der Waals surface area contributed by atoms with Gasteiger partial charge in [-0.05, 0) is 25.0 Å². The summed E-state index contributed by atoms with van der Waals surface area (Å²) in [5.41, 5.74) is -0.974. The Morgan fingerprint density at radius 2 is 2.00 bits per heavy atom. The first kappa shape index (κ1) is 15.4. The first-order valence-corrected chi connectivity index (χ1v) is 6.67. The standard InChI is InChI=1S/C14H22N2O3/c1-3-7-14(19,8-4-2)10-12(18)16-13-11(17)6-5-9-15-13/h5-6,9,17,19H,3-4,7-8,10H2,1-2H3,(H,15,16,18). The van der Waals surface area contributed by atoms with Gasteiger partial charge in [0.1, 0.15) is 0 Å². The second-order valence-corrected chi connectivity index (χ2v) is 4.82. The molecule has 0 atom stereocenters. The average Bonchev–Trinajstić information content (AvgIpc) is 2.32. The molecule has 0 spiro atoms. The van der Waals surface area contributed by atoms with Gasteiger partial charge in [-0.3, -0.25) is 4.79 Å². The molecule has 0 aliphatic heterocycles. The van der Waals surface area contributed by atoms with Gasteiger partial charge in [0.25, 0.3) is 0 Å². The summed E-state index contributed by atoms with van der Waals surface area (Å²) in [6.45, 7) is 3.95. The maximum absolute atomic E-state index is 11.9. The fourth-order valence-electron chi connectivity index (χ4n) is 2.20. The first-order valence-electron chi connectivity index (χ1n) is 6.67. The van der Waals surface area contributed by atoms with Crippen LogP contribution < -0.4 is 5.32 Å². The molecule has 0 radical (unpaired) electrons. The number of aromatic nitrogens is 1. The van der Waals surface area contributed by atoms with Crippen molar-refractivity contribution in [2.45, 2.75) is 51.6 Å². The maximum atomic E-state index is 11.9. The monoisotopic (exact) mass is 266 g/mol. The number of nitrogens with one attached hydrogen (secondary N) is 1. The Balaban J connectivity index is 2.65. The molecule has 5 nitrogen and oxygen atoms in total. The summed E-state index contributed by atoms with van der Waals surface area (Å²) < 4.78 is 0. The quantitative estimate of drug-likeness (QED) is 0.708. The summed E-state index contributed by atoms with van der Waals surface area (Å²) in [5, 5.41) is 22.4. The number of hydrogen-bond acceptors (Lipinski definition) is 4. The fraction of sp³-hybridized carbons (Fsp3) is 0.571. The van der Waals surface area contributed by atoms with Crippen LogP contribution in [0.15, 0.2) is 18.3 Å². The summed E-state index contributed by atoms with van der Waals surface area (Å²) in [6, 6.07) is 3.03. The molecule has 1 aromatic heterocycles. The van der Waals surface area contributed by atoms with Gasteiger partial charge >= 0.3 is 0 Å². The van der Waals surface area contributed by atoms with E-state index in [1.165, 1.54) is 12.3 Å². The molecule has 1 heterocycles. The topological polar surface area (TPSA) is 82.5 Å². The third-order valence-electron chi connectivity index (χ3n) is 2.96. The van der Waals surface area contributed by atoms with Crippen molar-refractivity contribution in [1.29, 1.82) is 0 Å². The molecule has 1 amide bonds. The fourth-order valence-corrected chi connectivity index (χ4v) is 2.20. The zero-order valence-electron chi connectivity index (χ0n) is 11.5. The lowest BCUT2D eigenvalue weighted by Crippen LogP contribution is -2.34. The van der Waals surface area contributed by atoms with Crippen LogP contribution in [0, 0.1) is 0 Å². The number of carbonyl (C=O) groups is 1. The highest BCUT2D eigenvalue weighted by Gasteiger charge is 2.28. The number of amides is 1. The molecule has 106 valence electrons. The molecule has 0 fully saturated rings. The van der Waals surface area contributed by atoms with Crippen LogP contribution in [0.2, 0.25) is 0 Å². The van der Waals surface area contributed by atoms with Crippen LogP contribution in [0.3, 0.4) is 0 Å². The Morgan fingerprint density at radius 1 is 1.37 bits per heavy atom. The Bertz CT molecular complexity index is 415. The number of nitrogens with zero attached hydrogens (tertiary/aromatic N) is 1. The summed E-state index contributed by atoms with van der Waals surface area (Å²) in [5.74, 6) is -0.286. The van der Waals surface area contributed by atoms with E-state index in [0.717, 1.165) is 12.8 Å². The molecule has 5 heteroatoms. The number of aliphatic hydroxyl groups is 1. The maximum Gasteiger partial charge on any atom is 0.228 e. The molecule has 19 heavy (non-hydrogen) atoms. The second kappa shape index (κ2) is 7.09. The zero-order chi connectivity index (χ0) is 14.3. The van der Waals surface area contributed by atoms with Crippen LogP contribution in [0.1, 0.15) is 46.0 Å². The van der Waals surface area contributed by atoms with Gasteiger partial charge in [-0.2, -0.15) is 0 Å². The van der Waals surface area contributed by atoms with Gasteiger partial charge in [0.2, 0.25) is 5.91 Å². The van der Waals surface area contributed by atoms with Crippen molar-refractivity contribution in [3.05, 3.63) is 18.3 Å². The molecule has 1 aromatic rings. The predicted octanol–water partition coefficient (Wildman–Crippen LogP) is 2.45. The van der Waals surface area contributed by atoms with Crippen LogP contribution in [-0.2, 0) is 4.79 Å². The predicted molar refractivity (Wildman–Crippen MR) is 73.9 cm³/mol.